The third-order valence-electron chi connectivity index (χ3n) is 3.75. The first-order valence-electron chi connectivity index (χ1n) is 6.17. The molecule has 1 fully saturated rings. The molecule has 1 aliphatic rings. The molecule has 4 heteroatoms. The maximum atomic E-state index is 11.1. The second-order valence-corrected chi connectivity index (χ2v) is 10.9. The minimum atomic E-state index is -1.84. The van der Waals surface area contributed by atoms with Gasteiger partial charge in [-0.25, -0.2) is 0 Å². The number of rotatable bonds is 4. The van der Waals surface area contributed by atoms with Crippen LogP contribution < -0.4 is 0 Å². The van der Waals surface area contributed by atoms with Gasteiger partial charge in [0, 0.05) is 6.42 Å². The van der Waals surface area contributed by atoms with Crippen LogP contribution >= 0.6 is 0 Å². The van der Waals surface area contributed by atoms with E-state index in [0.717, 1.165) is 6.42 Å². The van der Waals surface area contributed by atoms with Crippen molar-refractivity contribution in [2.45, 2.75) is 64.0 Å². The van der Waals surface area contributed by atoms with E-state index < -0.39 is 8.32 Å². The maximum Gasteiger partial charge on any atom is 0.306 e. The summed E-state index contributed by atoms with van der Waals surface area (Å²) in [6, 6.07) is 0. The van der Waals surface area contributed by atoms with E-state index in [2.05, 4.69) is 40.4 Å². The highest BCUT2D eigenvalue weighted by molar-refractivity contribution is 6.74. The summed E-state index contributed by atoms with van der Waals surface area (Å²) in [6.07, 6.45) is 2.69. The van der Waals surface area contributed by atoms with Crippen LogP contribution in [0.15, 0.2) is 12.7 Å². The van der Waals surface area contributed by atoms with Crippen LogP contribution in [0.1, 0.15) is 33.6 Å². The van der Waals surface area contributed by atoms with Gasteiger partial charge in [0.1, 0.15) is 12.2 Å². The molecule has 0 spiro atoms. The molecule has 1 saturated heterocycles. The predicted molar refractivity (Wildman–Crippen MR) is 71.4 cm³/mol. The first-order valence-corrected chi connectivity index (χ1v) is 9.08. The number of carbonyl (C=O) groups is 1. The Morgan fingerprint density at radius 2 is 2.12 bits per heavy atom. The normalized spacial score (nSPS) is 23.4. The van der Waals surface area contributed by atoms with Gasteiger partial charge in [-0.2, -0.15) is 0 Å². The number of ether oxygens (including phenoxy) is 1. The van der Waals surface area contributed by atoms with Gasteiger partial charge >= 0.3 is 5.97 Å². The second-order valence-electron chi connectivity index (χ2n) is 6.15. The van der Waals surface area contributed by atoms with Gasteiger partial charge in [0.25, 0.3) is 0 Å². The molecule has 98 valence electrons. The van der Waals surface area contributed by atoms with Gasteiger partial charge in [0.2, 0.25) is 0 Å². The standard InChI is InChI=1S/C13H24O3Si/c1-7-10(11-8-9-12(14)15-11)16-17(5,6)13(2,3)4/h7,10-11H,1,8-9H2,2-6H3/t10-,11+/m1/s1. The van der Waals surface area contributed by atoms with Crippen LogP contribution in [0.25, 0.3) is 0 Å². The van der Waals surface area contributed by atoms with E-state index in [9.17, 15) is 4.79 Å². The molecular weight excluding hydrogens is 232 g/mol. The average molecular weight is 256 g/mol. The lowest BCUT2D eigenvalue weighted by Gasteiger charge is -2.39. The molecule has 0 aliphatic carbocycles. The Labute approximate surface area is 105 Å². The van der Waals surface area contributed by atoms with E-state index >= 15 is 0 Å². The minimum absolute atomic E-state index is 0.124. The van der Waals surface area contributed by atoms with Crippen molar-refractivity contribution in [1.82, 2.24) is 0 Å². The molecule has 0 bridgehead atoms. The fourth-order valence-electron chi connectivity index (χ4n) is 1.57. The van der Waals surface area contributed by atoms with Crippen molar-refractivity contribution in [3.8, 4) is 0 Å². The average Bonchev–Trinajstić information content (AvgIpc) is 2.59. The van der Waals surface area contributed by atoms with Gasteiger partial charge in [-0.15, -0.1) is 6.58 Å². The van der Waals surface area contributed by atoms with Crippen LogP contribution in [0.4, 0.5) is 0 Å². The molecule has 0 aromatic rings. The van der Waals surface area contributed by atoms with Crippen LogP contribution in [0, 0.1) is 0 Å². The second kappa shape index (κ2) is 4.94. The lowest BCUT2D eigenvalue weighted by molar-refractivity contribution is -0.143. The molecule has 17 heavy (non-hydrogen) atoms. The Bertz CT molecular complexity index is 304. The highest BCUT2D eigenvalue weighted by Gasteiger charge is 2.41. The van der Waals surface area contributed by atoms with Crippen molar-refractivity contribution in [1.29, 1.82) is 0 Å². The lowest BCUT2D eigenvalue weighted by atomic mass is 10.1. The van der Waals surface area contributed by atoms with Gasteiger partial charge in [-0.1, -0.05) is 26.8 Å². The van der Waals surface area contributed by atoms with E-state index in [4.69, 9.17) is 9.16 Å². The molecule has 0 saturated carbocycles. The zero-order valence-electron chi connectivity index (χ0n) is 11.6. The number of hydrogen-bond donors (Lipinski definition) is 0. The Balaban J connectivity index is 2.70. The van der Waals surface area contributed by atoms with Gasteiger partial charge in [0.15, 0.2) is 8.32 Å². The monoisotopic (exact) mass is 256 g/mol. The molecule has 0 N–H and O–H groups in total. The van der Waals surface area contributed by atoms with Crippen molar-refractivity contribution in [3.05, 3.63) is 12.7 Å². The zero-order valence-corrected chi connectivity index (χ0v) is 12.6. The Morgan fingerprint density at radius 3 is 2.47 bits per heavy atom. The van der Waals surface area contributed by atoms with Gasteiger partial charge in [0.05, 0.1) is 0 Å². The third kappa shape index (κ3) is 3.42. The SMILES string of the molecule is C=C[C@@H](O[Si](C)(C)C(C)(C)C)[C@@H]1CCC(=O)O1. The van der Waals surface area contributed by atoms with Crippen molar-refractivity contribution in [3.63, 3.8) is 0 Å². The van der Waals surface area contributed by atoms with Gasteiger partial charge in [-0.3, -0.25) is 4.79 Å². The van der Waals surface area contributed by atoms with Gasteiger partial charge < -0.3 is 9.16 Å². The summed E-state index contributed by atoms with van der Waals surface area (Å²) in [5.74, 6) is -0.124. The maximum absolute atomic E-state index is 11.1. The minimum Gasteiger partial charge on any atom is -0.459 e. The van der Waals surface area contributed by atoms with Crippen LogP contribution in [0.3, 0.4) is 0 Å². The van der Waals surface area contributed by atoms with Crippen LogP contribution in [-0.2, 0) is 14.0 Å². The third-order valence-corrected chi connectivity index (χ3v) is 8.23. The van der Waals surface area contributed by atoms with E-state index in [1.54, 1.807) is 6.08 Å². The fourth-order valence-corrected chi connectivity index (χ4v) is 2.85. The van der Waals surface area contributed by atoms with Gasteiger partial charge in [-0.05, 0) is 24.6 Å². The summed E-state index contributed by atoms with van der Waals surface area (Å²) >= 11 is 0. The molecule has 2 atom stereocenters. The highest BCUT2D eigenvalue weighted by Crippen LogP contribution is 2.38. The van der Waals surface area contributed by atoms with Crippen molar-refractivity contribution >= 4 is 14.3 Å². The van der Waals surface area contributed by atoms with Crippen LogP contribution in [0.2, 0.25) is 18.1 Å². The fraction of sp³-hybridized carbons (Fsp3) is 0.769. The van der Waals surface area contributed by atoms with E-state index in [-0.39, 0.29) is 23.2 Å². The molecule has 1 rings (SSSR count). The van der Waals surface area contributed by atoms with Crippen LogP contribution in [0.5, 0.6) is 0 Å². The first-order chi connectivity index (χ1) is 7.67. The summed E-state index contributed by atoms with van der Waals surface area (Å²) in [4.78, 5) is 11.1. The largest absolute Gasteiger partial charge is 0.459 e. The summed E-state index contributed by atoms with van der Waals surface area (Å²) in [5.41, 5.74) is 0. The Morgan fingerprint density at radius 1 is 1.53 bits per heavy atom. The lowest BCUT2D eigenvalue weighted by Crippen LogP contribution is -2.46. The predicted octanol–water partition coefficient (Wildman–Crippen LogP) is 3.27. The number of cyclic esters (lactones) is 1. The van der Waals surface area contributed by atoms with Crippen LogP contribution in [-0.4, -0.2) is 26.5 Å². The van der Waals surface area contributed by atoms with E-state index in [1.165, 1.54) is 0 Å². The smallest absolute Gasteiger partial charge is 0.306 e. The first kappa shape index (κ1) is 14.4. The summed E-state index contributed by atoms with van der Waals surface area (Å²) in [6.45, 7) is 14.8. The summed E-state index contributed by atoms with van der Waals surface area (Å²) in [5, 5.41) is 0.150. The zero-order chi connectivity index (χ0) is 13.3. The van der Waals surface area contributed by atoms with E-state index in [0.29, 0.717) is 6.42 Å². The molecule has 3 nitrogen and oxygen atoms in total. The van der Waals surface area contributed by atoms with E-state index in [1.807, 2.05) is 0 Å². The topological polar surface area (TPSA) is 35.5 Å². The molecule has 0 unspecified atom stereocenters. The number of carbonyl (C=O) groups excluding carboxylic acids is 1. The molecule has 1 aliphatic heterocycles. The summed E-state index contributed by atoms with van der Waals surface area (Å²) in [7, 11) is -1.84. The Hall–Kier alpha value is -0.613. The molecule has 0 aromatic heterocycles. The quantitative estimate of drug-likeness (QED) is 0.440. The summed E-state index contributed by atoms with van der Waals surface area (Å²) < 4.78 is 11.5. The Kier molecular flexibility index (Phi) is 4.20. The molecular formula is C13H24O3Si. The molecule has 1 heterocycles. The molecule has 0 amide bonds. The van der Waals surface area contributed by atoms with Crippen molar-refractivity contribution in [2.75, 3.05) is 0 Å². The van der Waals surface area contributed by atoms with Crippen molar-refractivity contribution in [2.24, 2.45) is 0 Å². The molecule has 0 aromatic carbocycles. The molecule has 0 radical (unpaired) electrons. The number of hydrogen-bond acceptors (Lipinski definition) is 3. The number of esters is 1. The van der Waals surface area contributed by atoms with Crippen molar-refractivity contribution < 1.29 is 14.0 Å². The highest BCUT2D eigenvalue weighted by atomic mass is 28.4.